The molecule has 31 nitrogen and oxygen atoms in total. The highest BCUT2D eigenvalue weighted by molar-refractivity contribution is 5.91. The molecule has 4 fully saturated rings. The predicted molar refractivity (Wildman–Crippen MR) is 339 cm³/mol. The van der Waals surface area contributed by atoms with E-state index in [9.17, 15) is 75.3 Å². The molecule has 0 bridgehead atoms. The van der Waals surface area contributed by atoms with Crippen LogP contribution in [0.4, 0.5) is 17.6 Å². The van der Waals surface area contributed by atoms with Crippen LogP contribution in [0.3, 0.4) is 0 Å². The first-order valence-electron chi connectivity index (χ1n) is 31.1. The second-order valence-electron chi connectivity index (χ2n) is 24.0. The standard InChI is InChI=1S/C69H57F4N3O28/c1-25(70)34-19-31(22-37-49(34)95-59(74-37)28-13-7-4-8-14-28)92-66-46(83)40(77)43(80)52(100-66)63(88)98-55-56(99-64(89)53-44(81)41(78)47(84)67(101-53)93-32-20-35(26(2)71)50-38(23-32)75-60(96-50)29-15-9-5-10-16-29)58(69(73,91)104-57(55)62(86)87)103-65(90)54-45(82)42(79)48(85)68(102-54)94-33-21-36(27(3)72)51-39(24-33)76-61(97-51)30-17-11-6-12-18-30/h4-24,40-48,52-58,66-68,77-85,91H,1-3H2,(H,86,87)/t40-,41-,42-,43-,44-,45-,46+,47+,48+,52-,53-,54-,55-,56-,57-,58+,66?,67?,68?,69?/m0/s1. The number of carbonyl (C=O) groups is 4. The minimum atomic E-state index is -4.86. The fourth-order valence-corrected chi connectivity index (χ4v) is 11.8. The van der Waals surface area contributed by atoms with Crippen molar-refractivity contribution in [2.45, 2.75) is 123 Å². The van der Waals surface area contributed by atoms with Gasteiger partial charge in [0.25, 0.3) is 0 Å². The van der Waals surface area contributed by atoms with E-state index in [0.717, 1.165) is 36.4 Å². The quantitative estimate of drug-likeness (QED) is 0.0312. The summed E-state index contributed by atoms with van der Waals surface area (Å²) in [6, 6.07) is 26.1. The first kappa shape index (κ1) is 71.8. The number of aliphatic hydroxyl groups is 10. The van der Waals surface area contributed by atoms with Crippen molar-refractivity contribution in [3.8, 4) is 51.6 Å². The van der Waals surface area contributed by atoms with Crippen LogP contribution in [0.2, 0.25) is 0 Å². The Balaban J connectivity index is 0.822. The van der Waals surface area contributed by atoms with Crippen molar-refractivity contribution in [3.05, 3.63) is 164 Å². The molecule has 0 saturated carbocycles. The molecule has 4 aliphatic heterocycles. The van der Waals surface area contributed by atoms with Crippen molar-refractivity contribution in [3.63, 3.8) is 0 Å². The molecule has 11 N–H and O–H groups in total. The van der Waals surface area contributed by atoms with Crippen molar-refractivity contribution >= 4 is 74.7 Å². The Bertz CT molecular complexity index is 4790. The monoisotopic (exact) mass is 1450 g/mol. The van der Waals surface area contributed by atoms with Crippen molar-refractivity contribution in [1.82, 2.24) is 15.0 Å². The lowest BCUT2D eigenvalue weighted by atomic mass is 9.95. The number of fused-ring (bicyclic) bond motifs is 3. The maximum atomic E-state index is 17.3. The average molecular weight is 1450 g/mol. The fraction of sp³-hybridized carbons (Fsp3) is 0.290. The summed E-state index contributed by atoms with van der Waals surface area (Å²) in [5.74, 6) is -13.6. The molecule has 7 heterocycles. The summed E-state index contributed by atoms with van der Waals surface area (Å²) >= 11 is 0. The highest BCUT2D eigenvalue weighted by Gasteiger charge is 2.65. The van der Waals surface area contributed by atoms with Gasteiger partial charge in [-0.15, -0.1) is 0 Å². The minimum absolute atomic E-state index is 0.0142. The molecule has 4 unspecified atom stereocenters. The molecule has 6 aromatic carbocycles. The molecule has 0 aliphatic carbocycles. The lowest BCUT2D eigenvalue weighted by molar-refractivity contribution is -0.400. The maximum Gasteiger partial charge on any atom is 0.360 e. The number of halogens is 4. The van der Waals surface area contributed by atoms with E-state index in [4.69, 9.17) is 60.6 Å². The van der Waals surface area contributed by atoms with Crippen LogP contribution in [0.25, 0.3) is 85.1 Å². The Hall–Kier alpha value is -10.6. The van der Waals surface area contributed by atoms with Gasteiger partial charge in [0, 0.05) is 34.9 Å². The number of esters is 3. The summed E-state index contributed by atoms with van der Waals surface area (Å²) in [7, 11) is 0. The Labute approximate surface area is 579 Å². The van der Waals surface area contributed by atoms with E-state index in [1.807, 2.05) is 0 Å². The molecule has 9 aromatic rings. The fourth-order valence-electron chi connectivity index (χ4n) is 11.8. The molecule has 20 atom stereocenters. The number of benzene rings is 6. The zero-order chi connectivity index (χ0) is 74.1. The van der Waals surface area contributed by atoms with Gasteiger partial charge in [-0.1, -0.05) is 74.3 Å². The van der Waals surface area contributed by atoms with Crippen LogP contribution in [-0.2, 0) is 52.3 Å². The van der Waals surface area contributed by atoms with Gasteiger partial charge in [0.1, 0.15) is 106 Å². The lowest BCUT2D eigenvalue weighted by Crippen LogP contribution is -2.70. The predicted octanol–water partition coefficient (Wildman–Crippen LogP) is 3.73. The second kappa shape index (κ2) is 28.6. The van der Waals surface area contributed by atoms with Gasteiger partial charge in [0.15, 0.2) is 47.3 Å². The van der Waals surface area contributed by atoms with E-state index < -0.39 is 181 Å². The molecule has 544 valence electrons. The molecular formula is C69H57F4N3O28. The van der Waals surface area contributed by atoms with Gasteiger partial charge in [-0.25, -0.2) is 47.3 Å². The minimum Gasteiger partial charge on any atom is -0.479 e. The van der Waals surface area contributed by atoms with E-state index in [0.29, 0.717) is 16.7 Å². The van der Waals surface area contributed by atoms with E-state index in [-0.39, 0.29) is 67.7 Å². The van der Waals surface area contributed by atoms with Crippen molar-refractivity contribution < 1.29 is 154 Å². The number of carboxylic acids is 1. The van der Waals surface area contributed by atoms with Crippen LogP contribution in [0, 0.1) is 0 Å². The highest BCUT2D eigenvalue weighted by Crippen LogP contribution is 2.42. The van der Waals surface area contributed by atoms with Gasteiger partial charge in [0.05, 0.1) is 16.7 Å². The van der Waals surface area contributed by atoms with Crippen LogP contribution in [0.15, 0.2) is 160 Å². The highest BCUT2D eigenvalue weighted by atomic mass is 19.2. The Kier molecular flexibility index (Phi) is 19.7. The Morgan fingerprint density at radius 2 is 0.712 bits per heavy atom. The largest absolute Gasteiger partial charge is 0.479 e. The number of hydrogen-bond donors (Lipinski definition) is 11. The lowest BCUT2D eigenvalue weighted by Gasteiger charge is -2.46. The van der Waals surface area contributed by atoms with Crippen molar-refractivity contribution in [2.24, 2.45) is 0 Å². The van der Waals surface area contributed by atoms with Gasteiger partial charge in [-0.3, -0.25) is 0 Å². The average Bonchev–Trinajstić information content (AvgIpc) is 1.08. The maximum absolute atomic E-state index is 17.3. The molecule has 0 radical (unpaired) electrons. The molecule has 4 aliphatic rings. The molecular weight excluding hydrogens is 1390 g/mol. The number of aromatic nitrogens is 3. The van der Waals surface area contributed by atoms with Crippen LogP contribution in [-0.4, -0.2) is 218 Å². The summed E-state index contributed by atoms with van der Waals surface area (Å²) in [6.07, 6.45) is -51.2. The molecule has 4 saturated heterocycles. The summed E-state index contributed by atoms with van der Waals surface area (Å²) in [5.41, 5.74) is -0.625. The number of aliphatic carboxylic acids is 1. The smallest absolute Gasteiger partial charge is 0.360 e. The van der Waals surface area contributed by atoms with E-state index >= 15 is 17.6 Å². The Morgan fingerprint density at radius 1 is 0.413 bits per heavy atom. The van der Waals surface area contributed by atoms with Crippen molar-refractivity contribution in [1.29, 1.82) is 0 Å². The number of carboxylic acid groups (broad SMARTS) is 1. The van der Waals surface area contributed by atoms with Crippen LogP contribution < -0.4 is 14.2 Å². The van der Waals surface area contributed by atoms with Gasteiger partial charge >= 0.3 is 29.9 Å². The van der Waals surface area contributed by atoms with Crippen LogP contribution >= 0.6 is 0 Å². The molecule has 0 amide bonds. The number of rotatable bonds is 19. The molecule has 104 heavy (non-hydrogen) atoms. The topological polar surface area (TPSA) is 461 Å². The Morgan fingerprint density at radius 3 is 1.01 bits per heavy atom. The number of alkyl halides is 1. The third-order valence-corrected chi connectivity index (χ3v) is 17.0. The summed E-state index contributed by atoms with van der Waals surface area (Å²) in [5, 5.41) is 124. The summed E-state index contributed by atoms with van der Waals surface area (Å²) in [6.45, 7) is 9.90. The van der Waals surface area contributed by atoms with E-state index in [1.165, 1.54) is 0 Å². The van der Waals surface area contributed by atoms with Crippen LogP contribution in [0.5, 0.6) is 17.2 Å². The number of ether oxygens (including phenoxy) is 10. The number of hydrogen-bond acceptors (Lipinski definition) is 30. The zero-order valence-corrected chi connectivity index (χ0v) is 52.9. The van der Waals surface area contributed by atoms with Gasteiger partial charge in [-0.2, -0.15) is 4.39 Å². The van der Waals surface area contributed by atoms with E-state index in [2.05, 4.69) is 34.7 Å². The van der Waals surface area contributed by atoms with Crippen LogP contribution in [0.1, 0.15) is 16.7 Å². The third-order valence-electron chi connectivity index (χ3n) is 17.0. The molecule has 13 rings (SSSR count). The molecule has 0 spiro atoms. The number of nitrogens with zero attached hydrogens (tertiary/aromatic N) is 3. The first-order chi connectivity index (χ1) is 49.5. The van der Waals surface area contributed by atoms with Crippen molar-refractivity contribution in [2.75, 3.05) is 0 Å². The first-order valence-corrected chi connectivity index (χ1v) is 31.1. The van der Waals surface area contributed by atoms with Gasteiger partial charge < -0.3 is 117 Å². The third kappa shape index (κ3) is 13.8. The number of oxazole rings is 3. The number of carbonyl (C=O) groups excluding carboxylic acids is 3. The van der Waals surface area contributed by atoms with Gasteiger partial charge in [-0.05, 0) is 54.6 Å². The molecule has 3 aromatic heterocycles. The molecule has 35 heteroatoms. The zero-order valence-electron chi connectivity index (χ0n) is 52.9. The SMILES string of the molecule is C=C(F)c1cc(OC2O[C@H](C(=O)O[C@H]3[C@H](OC(=O)[C@H]4OC(Oc5cc(C(=C)F)c6oc(-c7ccccc7)nc6c5)[C@H](O)[C@@H](O)[C@@H]4O)[C@@H](OC(=O)[C@H]4OC(Oc5cc(C(=C)F)c6oc(-c7ccccc7)nc6c5)[C@H](O)[C@@H](O)[C@@H]4O)C(O)(F)O[C@@H]3C(=O)O)[C@@H](O)[C@H](O)[C@H]2O)cc2nc(-c3ccccc3)oc12. The normalized spacial score (nSPS) is 29.9. The van der Waals surface area contributed by atoms with E-state index in [1.54, 1.807) is 91.0 Å². The van der Waals surface area contributed by atoms with Gasteiger partial charge in [0.2, 0.25) is 48.8 Å². The summed E-state index contributed by atoms with van der Waals surface area (Å²) < 4.78 is 135. The number of aliphatic hydroxyl groups excluding tert-OH is 9. The summed E-state index contributed by atoms with van der Waals surface area (Å²) in [4.78, 5) is 70.4. The second-order valence-corrected chi connectivity index (χ2v) is 24.0.